The molecule has 3 aromatic carbocycles. The third-order valence-corrected chi connectivity index (χ3v) is 5.03. The molecule has 2 heteroatoms. The van der Waals surface area contributed by atoms with Gasteiger partial charge in [-0.25, -0.2) is 0 Å². The lowest BCUT2D eigenvalue weighted by Gasteiger charge is -2.34. The van der Waals surface area contributed by atoms with Gasteiger partial charge in [-0.3, -0.25) is 0 Å². The van der Waals surface area contributed by atoms with Gasteiger partial charge in [0.25, 0.3) is 0 Å². The molecule has 3 atom stereocenters. The predicted molar refractivity (Wildman–Crippen MR) is 113 cm³/mol. The number of hydrogen-bond donors (Lipinski definition) is 1. The molecule has 0 aliphatic heterocycles. The molecule has 0 aliphatic carbocycles. The van der Waals surface area contributed by atoms with Crippen LogP contribution in [0, 0.1) is 5.92 Å². The number of rotatable bonds is 8. The third-order valence-electron chi connectivity index (χ3n) is 5.03. The summed E-state index contributed by atoms with van der Waals surface area (Å²) in [7, 11) is 1.79. The maximum atomic E-state index is 6.01. The Morgan fingerprint density at radius 1 is 0.593 bits per heavy atom. The Morgan fingerprint density at radius 2 is 1.00 bits per heavy atom. The number of methoxy groups -OCH3 is 1. The first kappa shape index (κ1) is 19.3. The molecule has 0 fully saturated rings. The molecule has 0 saturated carbocycles. The van der Waals surface area contributed by atoms with Crippen LogP contribution in [0.3, 0.4) is 0 Å². The summed E-state index contributed by atoms with van der Waals surface area (Å²) in [6, 6.07) is 32.0. The monoisotopic (exact) mass is 359 g/mol. The van der Waals surface area contributed by atoms with Crippen molar-refractivity contribution in [2.75, 3.05) is 7.11 Å². The quantitative estimate of drug-likeness (QED) is 0.524. The van der Waals surface area contributed by atoms with Gasteiger partial charge in [0, 0.05) is 13.2 Å². The van der Waals surface area contributed by atoms with Crippen LogP contribution in [0.5, 0.6) is 0 Å². The summed E-state index contributed by atoms with van der Waals surface area (Å²) in [5, 5.41) is 3.91. The lowest BCUT2D eigenvalue weighted by Crippen LogP contribution is -2.34. The summed E-state index contributed by atoms with van der Waals surface area (Å²) in [6.45, 7) is 4.52. The van der Waals surface area contributed by atoms with Crippen molar-refractivity contribution in [1.29, 1.82) is 0 Å². The Bertz CT molecular complexity index is 786. The second kappa shape index (κ2) is 9.50. The number of benzene rings is 3. The van der Waals surface area contributed by atoms with E-state index in [0.29, 0.717) is 5.92 Å². The normalized spacial score (nSPS) is 14.7. The molecular formula is C25H29NO. The van der Waals surface area contributed by atoms with Gasteiger partial charge in [-0.2, -0.15) is 0 Å². The molecule has 3 rings (SSSR count). The first-order chi connectivity index (χ1) is 13.2. The first-order valence-electron chi connectivity index (χ1n) is 9.64. The molecule has 0 heterocycles. The Kier molecular flexibility index (Phi) is 6.80. The van der Waals surface area contributed by atoms with E-state index in [4.69, 9.17) is 4.74 Å². The average Bonchev–Trinajstić information content (AvgIpc) is 2.73. The van der Waals surface area contributed by atoms with E-state index in [-0.39, 0.29) is 18.2 Å². The first-order valence-corrected chi connectivity index (χ1v) is 9.64. The minimum absolute atomic E-state index is 0.0474. The summed E-state index contributed by atoms with van der Waals surface area (Å²) in [6.07, 6.45) is -0.0708. The maximum absolute atomic E-state index is 6.01. The van der Waals surface area contributed by atoms with Gasteiger partial charge in [0.2, 0.25) is 0 Å². The Balaban J connectivity index is 1.99. The minimum atomic E-state index is -0.0708. The number of nitrogens with one attached hydrogen (secondary N) is 1. The van der Waals surface area contributed by atoms with E-state index < -0.39 is 0 Å². The van der Waals surface area contributed by atoms with Gasteiger partial charge in [0.15, 0.2) is 0 Å². The fraction of sp³-hybridized carbons (Fsp3) is 0.280. The SMILES string of the molecule is CO[C@@H](c1ccccc1)[C@H](N[C@@H](c1ccccc1)C(C)C)c1ccccc1. The van der Waals surface area contributed by atoms with Crippen molar-refractivity contribution in [1.82, 2.24) is 5.32 Å². The van der Waals surface area contributed by atoms with Crippen molar-refractivity contribution < 1.29 is 4.74 Å². The fourth-order valence-corrected chi connectivity index (χ4v) is 3.65. The van der Waals surface area contributed by atoms with Crippen LogP contribution in [-0.4, -0.2) is 7.11 Å². The molecule has 0 amide bonds. The van der Waals surface area contributed by atoms with E-state index in [1.807, 2.05) is 6.07 Å². The molecule has 0 radical (unpaired) electrons. The highest BCUT2D eigenvalue weighted by Gasteiger charge is 2.28. The molecule has 3 aromatic rings. The van der Waals surface area contributed by atoms with Crippen LogP contribution < -0.4 is 5.32 Å². The summed E-state index contributed by atoms with van der Waals surface area (Å²) >= 11 is 0. The van der Waals surface area contributed by atoms with E-state index in [2.05, 4.69) is 104 Å². The zero-order chi connectivity index (χ0) is 19.1. The van der Waals surface area contributed by atoms with Crippen LogP contribution in [-0.2, 0) is 4.74 Å². The molecular weight excluding hydrogens is 330 g/mol. The van der Waals surface area contributed by atoms with Gasteiger partial charge in [-0.15, -0.1) is 0 Å². The second-order valence-corrected chi connectivity index (χ2v) is 7.25. The van der Waals surface area contributed by atoms with Crippen LogP contribution >= 0.6 is 0 Å². The molecule has 0 unspecified atom stereocenters. The van der Waals surface area contributed by atoms with E-state index in [0.717, 1.165) is 0 Å². The van der Waals surface area contributed by atoms with Gasteiger partial charge in [-0.1, -0.05) is 105 Å². The summed E-state index contributed by atoms with van der Waals surface area (Å²) in [5.41, 5.74) is 3.71. The van der Waals surface area contributed by atoms with Crippen molar-refractivity contribution in [3.8, 4) is 0 Å². The third kappa shape index (κ3) is 4.85. The van der Waals surface area contributed by atoms with Crippen LogP contribution in [0.4, 0.5) is 0 Å². The van der Waals surface area contributed by atoms with Crippen molar-refractivity contribution in [2.24, 2.45) is 5.92 Å². The molecule has 0 bridgehead atoms. The van der Waals surface area contributed by atoms with E-state index in [1.54, 1.807) is 7.11 Å². The van der Waals surface area contributed by atoms with E-state index in [9.17, 15) is 0 Å². The lowest BCUT2D eigenvalue weighted by molar-refractivity contribution is 0.0603. The van der Waals surface area contributed by atoms with Crippen LogP contribution in [0.1, 0.15) is 48.7 Å². The Morgan fingerprint density at radius 3 is 1.41 bits per heavy atom. The van der Waals surface area contributed by atoms with Crippen molar-refractivity contribution in [2.45, 2.75) is 32.0 Å². The Hall–Kier alpha value is -2.42. The molecule has 0 aromatic heterocycles. The zero-order valence-electron chi connectivity index (χ0n) is 16.4. The largest absolute Gasteiger partial charge is 0.375 e. The molecule has 140 valence electrons. The van der Waals surface area contributed by atoms with E-state index >= 15 is 0 Å². The molecule has 0 spiro atoms. The molecule has 0 aliphatic rings. The zero-order valence-corrected chi connectivity index (χ0v) is 16.4. The van der Waals surface area contributed by atoms with Gasteiger partial charge in [0.1, 0.15) is 6.10 Å². The van der Waals surface area contributed by atoms with Crippen LogP contribution in [0.2, 0.25) is 0 Å². The fourth-order valence-electron chi connectivity index (χ4n) is 3.65. The smallest absolute Gasteiger partial charge is 0.102 e. The van der Waals surface area contributed by atoms with Crippen LogP contribution in [0.15, 0.2) is 91.0 Å². The maximum Gasteiger partial charge on any atom is 0.102 e. The molecule has 0 saturated heterocycles. The lowest BCUT2D eigenvalue weighted by atomic mass is 9.90. The molecule has 2 nitrogen and oxygen atoms in total. The highest BCUT2D eigenvalue weighted by atomic mass is 16.5. The molecule has 27 heavy (non-hydrogen) atoms. The average molecular weight is 360 g/mol. The van der Waals surface area contributed by atoms with Crippen molar-refractivity contribution in [3.05, 3.63) is 108 Å². The highest BCUT2D eigenvalue weighted by Crippen LogP contribution is 2.35. The predicted octanol–water partition coefficient (Wildman–Crippen LogP) is 6.10. The summed E-state index contributed by atoms with van der Waals surface area (Å²) < 4.78 is 6.01. The van der Waals surface area contributed by atoms with E-state index in [1.165, 1.54) is 16.7 Å². The standard InChI is InChI=1S/C25H29NO/c1-19(2)23(20-13-7-4-8-14-20)26-24(21-15-9-5-10-16-21)25(27-3)22-17-11-6-12-18-22/h4-19,23-26H,1-3H3/t23-,24-,25+/m1/s1. The van der Waals surface area contributed by atoms with Gasteiger partial charge >= 0.3 is 0 Å². The number of hydrogen-bond acceptors (Lipinski definition) is 2. The van der Waals surface area contributed by atoms with Crippen molar-refractivity contribution in [3.63, 3.8) is 0 Å². The minimum Gasteiger partial charge on any atom is -0.375 e. The van der Waals surface area contributed by atoms with Gasteiger partial charge in [0.05, 0.1) is 6.04 Å². The Labute approximate surface area is 163 Å². The topological polar surface area (TPSA) is 21.3 Å². The van der Waals surface area contributed by atoms with Crippen molar-refractivity contribution >= 4 is 0 Å². The van der Waals surface area contributed by atoms with Crippen LogP contribution in [0.25, 0.3) is 0 Å². The summed E-state index contributed by atoms with van der Waals surface area (Å²) in [5.74, 6) is 0.451. The second-order valence-electron chi connectivity index (χ2n) is 7.25. The number of ether oxygens (including phenoxy) is 1. The summed E-state index contributed by atoms with van der Waals surface area (Å²) in [4.78, 5) is 0. The van der Waals surface area contributed by atoms with Gasteiger partial charge in [-0.05, 0) is 22.6 Å². The van der Waals surface area contributed by atoms with Gasteiger partial charge < -0.3 is 10.1 Å². The molecule has 1 N–H and O–H groups in total. The highest BCUT2D eigenvalue weighted by molar-refractivity contribution is 5.28.